The van der Waals surface area contributed by atoms with E-state index in [4.69, 9.17) is 16.7 Å². The highest BCUT2D eigenvalue weighted by atomic mass is 35.5. The van der Waals surface area contributed by atoms with E-state index in [9.17, 15) is 9.59 Å². The number of hydrogen-bond acceptors (Lipinski definition) is 2. The number of amides is 2. The molecule has 2 amide bonds. The standard InChI is InChI=1S/C14H19ClN2O3/c1-9-4-5-11(10(15)8-9)16-13(20)17-14(2,3)7-6-12(18)19/h4-5,8H,6-7H2,1-3H3,(H,18,19)(H2,16,17,20). The van der Waals surface area contributed by atoms with Gasteiger partial charge in [0.05, 0.1) is 10.7 Å². The first-order chi connectivity index (χ1) is 9.19. The fourth-order valence-electron chi connectivity index (χ4n) is 1.66. The van der Waals surface area contributed by atoms with Crippen molar-refractivity contribution in [2.24, 2.45) is 0 Å². The summed E-state index contributed by atoms with van der Waals surface area (Å²) in [6, 6.07) is 4.91. The molecular weight excluding hydrogens is 280 g/mol. The van der Waals surface area contributed by atoms with Crippen molar-refractivity contribution in [3.05, 3.63) is 28.8 Å². The van der Waals surface area contributed by atoms with Crippen LogP contribution < -0.4 is 10.6 Å². The lowest BCUT2D eigenvalue weighted by Gasteiger charge is -2.25. The van der Waals surface area contributed by atoms with Gasteiger partial charge >= 0.3 is 12.0 Å². The number of aliphatic carboxylic acids is 1. The average Bonchev–Trinajstić information content (AvgIpc) is 2.30. The highest BCUT2D eigenvalue weighted by molar-refractivity contribution is 6.33. The number of hydrogen-bond donors (Lipinski definition) is 3. The van der Waals surface area contributed by atoms with Crippen molar-refractivity contribution >= 4 is 29.3 Å². The van der Waals surface area contributed by atoms with Gasteiger partial charge in [0.15, 0.2) is 0 Å². The molecule has 0 aliphatic carbocycles. The molecule has 0 spiro atoms. The smallest absolute Gasteiger partial charge is 0.319 e. The summed E-state index contributed by atoms with van der Waals surface area (Å²) in [5.41, 5.74) is 0.908. The van der Waals surface area contributed by atoms with Crippen molar-refractivity contribution in [3.63, 3.8) is 0 Å². The van der Waals surface area contributed by atoms with E-state index in [-0.39, 0.29) is 6.42 Å². The number of anilines is 1. The number of nitrogens with one attached hydrogen (secondary N) is 2. The van der Waals surface area contributed by atoms with E-state index in [1.807, 2.05) is 13.0 Å². The summed E-state index contributed by atoms with van der Waals surface area (Å²) in [4.78, 5) is 22.4. The second-order valence-electron chi connectivity index (χ2n) is 5.34. The second kappa shape index (κ2) is 6.61. The van der Waals surface area contributed by atoms with Gasteiger partial charge < -0.3 is 15.7 Å². The molecule has 0 heterocycles. The Kier molecular flexibility index (Phi) is 5.39. The van der Waals surface area contributed by atoms with Crippen LogP contribution in [0.3, 0.4) is 0 Å². The highest BCUT2D eigenvalue weighted by Gasteiger charge is 2.21. The van der Waals surface area contributed by atoms with Crippen LogP contribution in [0.15, 0.2) is 18.2 Å². The Hall–Kier alpha value is -1.75. The predicted octanol–water partition coefficient (Wildman–Crippen LogP) is 3.41. The van der Waals surface area contributed by atoms with Gasteiger partial charge in [-0.3, -0.25) is 4.79 Å². The van der Waals surface area contributed by atoms with E-state index in [1.54, 1.807) is 26.0 Å². The summed E-state index contributed by atoms with van der Waals surface area (Å²) >= 11 is 6.03. The molecular formula is C14H19ClN2O3. The first-order valence-corrected chi connectivity index (χ1v) is 6.64. The molecule has 0 unspecified atom stereocenters. The molecule has 1 aromatic carbocycles. The fraction of sp³-hybridized carbons (Fsp3) is 0.429. The summed E-state index contributed by atoms with van der Waals surface area (Å²) in [5, 5.41) is 14.5. The molecule has 1 rings (SSSR count). The molecule has 0 saturated carbocycles. The van der Waals surface area contributed by atoms with Gasteiger partial charge in [-0.15, -0.1) is 0 Å². The highest BCUT2D eigenvalue weighted by Crippen LogP contribution is 2.22. The van der Waals surface area contributed by atoms with Gasteiger partial charge in [-0.1, -0.05) is 17.7 Å². The van der Waals surface area contributed by atoms with Gasteiger partial charge in [-0.05, 0) is 44.9 Å². The lowest BCUT2D eigenvalue weighted by atomic mass is 9.99. The van der Waals surface area contributed by atoms with Crippen LogP contribution in [0.1, 0.15) is 32.3 Å². The Morgan fingerprint density at radius 1 is 1.35 bits per heavy atom. The van der Waals surface area contributed by atoms with Crippen molar-refractivity contribution in [2.75, 3.05) is 5.32 Å². The average molecular weight is 299 g/mol. The molecule has 0 aliphatic rings. The third-order valence-electron chi connectivity index (χ3n) is 2.79. The molecule has 0 aliphatic heterocycles. The molecule has 5 nitrogen and oxygen atoms in total. The minimum Gasteiger partial charge on any atom is -0.481 e. The fourth-order valence-corrected chi connectivity index (χ4v) is 1.95. The summed E-state index contributed by atoms with van der Waals surface area (Å²) < 4.78 is 0. The molecule has 0 atom stereocenters. The number of benzene rings is 1. The monoisotopic (exact) mass is 298 g/mol. The summed E-state index contributed by atoms with van der Waals surface area (Å²) in [5.74, 6) is -0.887. The van der Waals surface area contributed by atoms with E-state index in [0.29, 0.717) is 17.1 Å². The van der Waals surface area contributed by atoms with Crippen LogP contribution in [0.25, 0.3) is 0 Å². The Balaban J connectivity index is 2.60. The Bertz CT molecular complexity index is 515. The Morgan fingerprint density at radius 2 is 2.00 bits per heavy atom. The van der Waals surface area contributed by atoms with Crippen LogP contribution in [0.4, 0.5) is 10.5 Å². The molecule has 0 fully saturated rings. The number of carbonyl (C=O) groups is 2. The normalized spacial score (nSPS) is 11.0. The van der Waals surface area contributed by atoms with Crippen LogP contribution in [0, 0.1) is 6.92 Å². The van der Waals surface area contributed by atoms with E-state index in [1.165, 1.54) is 0 Å². The molecule has 110 valence electrons. The SMILES string of the molecule is Cc1ccc(NC(=O)NC(C)(C)CCC(=O)O)c(Cl)c1. The van der Waals surface area contributed by atoms with Crippen LogP contribution in [-0.4, -0.2) is 22.6 Å². The van der Waals surface area contributed by atoms with Gasteiger partial charge in [0.25, 0.3) is 0 Å². The molecule has 20 heavy (non-hydrogen) atoms. The number of rotatable bonds is 5. The zero-order valence-corrected chi connectivity index (χ0v) is 12.5. The Morgan fingerprint density at radius 3 is 2.55 bits per heavy atom. The van der Waals surface area contributed by atoms with Gasteiger partial charge in [0.2, 0.25) is 0 Å². The largest absolute Gasteiger partial charge is 0.481 e. The first-order valence-electron chi connectivity index (χ1n) is 6.27. The van der Waals surface area contributed by atoms with Crippen LogP contribution in [0.5, 0.6) is 0 Å². The van der Waals surface area contributed by atoms with Crippen molar-refractivity contribution in [1.82, 2.24) is 5.32 Å². The first kappa shape index (κ1) is 16.3. The molecule has 3 N–H and O–H groups in total. The number of carboxylic acids is 1. The predicted molar refractivity (Wildman–Crippen MR) is 79.3 cm³/mol. The maximum Gasteiger partial charge on any atom is 0.319 e. The molecule has 0 bridgehead atoms. The maximum absolute atomic E-state index is 11.9. The van der Waals surface area contributed by atoms with Crippen LogP contribution in [0.2, 0.25) is 5.02 Å². The summed E-state index contributed by atoms with van der Waals surface area (Å²) in [7, 11) is 0. The minimum atomic E-state index is -0.887. The van der Waals surface area contributed by atoms with Crippen LogP contribution >= 0.6 is 11.6 Å². The van der Waals surface area contributed by atoms with Crippen molar-refractivity contribution < 1.29 is 14.7 Å². The number of aryl methyl sites for hydroxylation is 1. The topological polar surface area (TPSA) is 78.4 Å². The number of carboxylic acid groups (broad SMARTS) is 1. The van der Waals surface area contributed by atoms with E-state index >= 15 is 0 Å². The zero-order chi connectivity index (χ0) is 15.3. The van der Waals surface area contributed by atoms with Crippen molar-refractivity contribution in [1.29, 1.82) is 0 Å². The number of urea groups is 1. The van der Waals surface area contributed by atoms with Gasteiger partial charge in [0, 0.05) is 12.0 Å². The molecule has 0 radical (unpaired) electrons. The molecule has 0 saturated heterocycles. The van der Waals surface area contributed by atoms with Crippen molar-refractivity contribution in [3.8, 4) is 0 Å². The molecule has 6 heteroatoms. The lowest BCUT2D eigenvalue weighted by Crippen LogP contribution is -2.45. The molecule has 0 aromatic heterocycles. The lowest BCUT2D eigenvalue weighted by molar-refractivity contribution is -0.137. The zero-order valence-electron chi connectivity index (χ0n) is 11.8. The van der Waals surface area contributed by atoms with Gasteiger partial charge in [-0.25, -0.2) is 4.79 Å². The second-order valence-corrected chi connectivity index (χ2v) is 5.75. The quantitative estimate of drug-likeness (QED) is 0.779. The Labute approximate surface area is 123 Å². The van der Waals surface area contributed by atoms with Gasteiger partial charge in [0.1, 0.15) is 0 Å². The van der Waals surface area contributed by atoms with E-state index in [0.717, 1.165) is 5.56 Å². The summed E-state index contributed by atoms with van der Waals surface area (Å²) in [6.07, 6.45) is 0.343. The number of halogens is 1. The third-order valence-corrected chi connectivity index (χ3v) is 3.10. The number of carbonyl (C=O) groups excluding carboxylic acids is 1. The van der Waals surface area contributed by atoms with Gasteiger partial charge in [-0.2, -0.15) is 0 Å². The minimum absolute atomic E-state index is 0.00142. The van der Waals surface area contributed by atoms with Crippen LogP contribution in [-0.2, 0) is 4.79 Å². The maximum atomic E-state index is 11.9. The van der Waals surface area contributed by atoms with E-state index < -0.39 is 17.5 Å². The summed E-state index contributed by atoms with van der Waals surface area (Å²) in [6.45, 7) is 5.45. The third kappa shape index (κ3) is 5.48. The van der Waals surface area contributed by atoms with E-state index in [2.05, 4.69) is 10.6 Å². The molecule has 1 aromatic rings. The van der Waals surface area contributed by atoms with Crippen molar-refractivity contribution in [2.45, 2.75) is 39.2 Å².